The molecule has 0 amide bonds. The van der Waals surface area contributed by atoms with Crippen LogP contribution in [0.4, 0.5) is 5.69 Å². The van der Waals surface area contributed by atoms with Gasteiger partial charge in [-0.1, -0.05) is 32.4 Å². The molecule has 0 heterocycles. The molecule has 0 bridgehead atoms. The molecule has 0 atom stereocenters. The molecule has 0 spiro atoms. The first-order valence-electron chi connectivity index (χ1n) is 5.81. The SMILES string of the molecule is CC(C)(C)[Si](C)(C)OCc1cc(N)ccc1Cl. The van der Waals surface area contributed by atoms with Crippen molar-refractivity contribution in [2.75, 3.05) is 5.73 Å². The fraction of sp³-hybridized carbons (Fsp3) is 0.538. The molecule has 0 saturated carbocycles. The van der Waals surface area contributed by atoms with Crippen molar-refractivity contribution in [2.45, 2.75) is 45.5 Å². The predicted molar refractivity (Wildman–Crippen MR) is 77.9 cm³/mol. The van der Waals surface area contributed by atoms with Gasteiger partial charge in [-0.05, 0) is 41.9 Å². The average molecular weight is 272 g/mol. The van der Waals surface area contributed by atoms with E-state index < -0.39 is 8.32 Å². The maximum absolute atomic E-state index is 6.12. The van der Waals surface area contributed by atoms with E-state index >= 15 is 0 Å². The topological polar surface area (TPSA) is 35.2 Å². The molecular weight excluding hydrogens is 250 g/mol. The zero-order valence-electron chi connectivity index (χ0n) is 11.3. The van der Waals surface area contributed by atoms with Crippen LogP contribution in [-0.2, 0) is 11.0 Å². The van der Waals surface area contributed by atoms with E-state index in [1.807, 2.05) is 12.1 Å². The number of nitrogens with two attached hydrogens (primary N) is 1. The van der Waals surface area contributed by atoms with Crippen molar-refractivity contribution in [2.24, 2.45) is 0 Å². The first-order chi connectivity index (χ1) is 7.63. The first kappa shape index (κ1) is 14.5. The van der Waals surface area contributed by atoms with Gasteiger partial charge >= 0.3 is 0 Å². The summed E-state index contributed by atoms with van der Waals surface area (Å²) in [6, 6.07) is 5.51. The monoisotopic (exact) mass is 271 g/mol. The molecule has 2 N–H and O–H groups in total. The quantitative estimate of drug-likeness (QED) is 0.651. The number of rotatable bonds is 3. The van der Waals surface area contributed by atoms with Crippen molar-refractivity contribution in [3.63, 3.8) is 0 Å². The lowest BCUT2D eigenvalue weighted by molar-refractivity contribution is 0.276. The summed E-state index contributed by atoms with van der Waals surface area (Å²) in [5, 5.41) is 0.928. The molecule has 17 heavy (non-hydrogen) atoms. The molecule has 0 aliphatic heterocycles. The number of nitrogen functional groups attached to an aromatic ring is 1. The number of hydrogen-bond donors (Lipinski definition) is 1. The number of benzene rings is 1. The van der Waals surface area contributed by atoms with E-state index in [1.54, 1.807) is 6.07 Å². The lowest BCUT2D eigenvalue weighted by atomic mass is 10.2. The summed E-state index contributed by atoms with van der Waals surface area (Å²) in [5.41, 5.74) is 7.44. The molecule has 0 radical (unpaired) electrons. The second-order valence-electron chi connectivity index (χ2n) is 5.90. The fourth-order valence-electron chi connectivity index (χ4n) is 1.18. The van der Waals surface area contributed by atoms with Gasteiger partial charge in [0.15, 0.2) is 8.32 Å². The summed E-state index contributed by atoms with van der Waals surface area (Å²) in [4.78, 5) is 0. The molecule has 4 heteroatoms. The third-order valence-electron chi connectivity index (χ3n) is 3.46. The molecule has 1 rings (SSSR count). The zero-order chi connectivity index (χ0) is 13.3. The Hall–Kier alpha value is -0.513. The molecule has 0 fully saturated rings. The highest BCUT2D eigenvalue weighted by molar-refractivity contribution is 6.74. The molecule has 0 aliphatic rings. The summed E-state index contributed by atoms with van der Waals surface area (Å²) >= 11 is 6.12. The molecule has 0 saturated heterocycles. The molecule has 1 aromatic carbocycles. The minimum Gasteiger partial charge on any atom is -0.413 e. The molecule has 96 valence electrons. The Morgan fingerprint density at radius 1 is 1.29 bits per heavy atom. The second-order valence-corrected chi connectivity index (χ2v) is 11.1. The third-order valence-corrected chi connectivity index (χ3v) is 8.31. The van der Waals surface area contributed by atoms with E-state index in [-0.39, 0.29) is 5.04 Å². The molecule has 1 aromatic rings. The van der Waals surface area contributed by atoms with Gasteiger partial charge in [-0.2, -0.15) is 0 Å². The Morgan fingerprint density at radius 3 is 2.41 bits per heavy atom. The van der Waals surface area contributed by atoms with Gasteiger partial charge in [0.05, 0.1) is 6.61 Å². The van der Waals surface area contributed by atoms with Gasteiger partial charge in [0.1, 0.15) is 0 Å². The van der Waals surface area contributed by atoms with Crippen LogP contribution in [0.15, 0.2) is 18.2 Å². The highest BCUT2D eigenvalue weighted by Gasteiger charge is 2.37. The maximum atomic E-state index is 6.12. The highest BCUT2D eigenvalue weighted by atomic mass is 35.5. The van der Waals surface area contributed by atoms with E-state index in [9.17, 15) is 0 Å². The Morgan fingerprint density at radius 2 is 1.88 bits per heavy atom. The Kier molecular flexibility index (Phi) is 4.28. The van der Waals surface area contributed by atoms with Crippen LogP contribution in [-0.4, -0.2) is 8.32 Å². The third kappa shape index (κ3) is 3.73. The van der Waals surface area contributed by atoms with E-state index in [0.717, 1.165) is 16.3 Å². The highest BCUT2D eigenvalue weighted by Crippen LogP contribution is 2.37. The van der Waals surface area contributed by atoms with Crippen LogP contribution in [0.3, 0.4) is 0 Å². The van der Waals surface area contributed by atoms with Gasteiger partial charge in [0.25, 0.3) is 0 Å². The van der Waals surface area contributed by atoms with E-state index in [1.165, 1.54) is 0 Å². The predicted octanol–water partition coefficient (Wildman–Crippen LogP) is 4.44. The Bertz CT molecular complexity index is 399. The van der Waals surface area contributed by atoms with Crippen LogP contribution >= 0.6 is 11.6 Å². The van der Waals surface area contributed by atoms with Crippen LogP contribution in [0.25, 0.3) is 0 Å². The van der Waals surface area contributed by atoms with E-state index in [2.05, 4.69) is 33.9 Å². The summed E-state index contributed by atoms with van der Waals surface area (Å²) in [7, 11) is -1.73. The smallest absolute Gasteiger partial charge is 0.192 e. The Labute approximate surface area is 110 Å². The van der Waals surface area contributed by atoms with Gasteiger partial charge in [-0.25, -0.2) is 0 Å². The number of halogens is 1. The van der Waals surface area contributed by atoms with E-state index in [0.29, 0.717) is 6.61 Å². The van der Waals surface area contributed by atoms with Crippen LogP contribution in [0.5, 0.6) is 0 Å². The van der Waals surface area contributed by atoms with Crippen molar-refractivity contribution in [1.82, 2.24) is 0 Å². The summed E-state index contributed by atoms with van der Waals surface area (Å²) in [6.45, 7) is 11.7. The zero-order valence-corrected chi connectivity index (χ0v) is 13.1. The number of hydrogen-bond acceptors (Lipinski definition) is 2. The summed E-state index contributed by atoms with van der Waals surface area (Å²) in [5.74, 6) is 0. The minimum atomic E-state index is -1.73. The normalized spacial score (nSPS) is 12.8. The molecule has 0 unspecified atom stereocenters. The lowest BCUT2D eigenvalue weighted by Gasteiger charge is -2.36. The van der Waals surface area contributed by atoms with Gasteiger partial charge in [0.2, 0.25) is 0 Å². The van der Waals surface area contributed by atoms with Crippen molar-refractivity contribution >= 4 is 25.6 Å². The van der Waals surface area contributed by atoms with Crippen molar-refractivity contribution < 1.29 is 4.43 Å². The molecule has 0 aromatic heterocycles. The van der Waals surface area contributed by atoms with Crippen LogP contribution in [0, 0.1) is 0 Å². The fourth-order valence-corrected chi connectivity index (χ4v) is 2.30. The minimum absolute atomic E-state index is 0.208. The largest absolute Gasteiger partial charge is 0.413 e. The number of anilines is 1. The molecule has 2 nitrogen and oxygen atoms in total. The van der Waals surface area contributed by atoms with Crippen LogP contribution < -0.4 is 5.73 Å². The van der Waals surface area contributed by atoms with Gasteiger partial charge in [0, 0.05) is 10.7 Å². The van der Waals surface area contributed by atoms with Crippen molar-refractivity contribution in [3.05, 3.63) is 28.8 Å². The summed E-state index contributed by atoms with van der Waals surface area (Å²) < 4.78 is 6.11. The van der Waals surface area contributed by atoms with Crippen LogP contribution in [0.2, 0.25) is 23.2 Å². The van der Waals surface area contributed by atoms with Gasteiger partial charge in [-0.3, -0.25) is 0 Å². The van der Waals surface area contributed by atoms with Crippen molar-refractivity contribution in [1.29, 1.82) is 0 Å². The lowest BCUT2D eigenvalue weighted by Crippen LogP contribution is -2.40. The van der Waals surface area contributed by atoms with Gasteiger partial charge in [-0.15, -0.1) is 0 Å². The molecular formula is C13H22ClNOSi. The summed E-state index contributed by atoms with van der Waals surface area (Å²) in [6.07, 6.45) is 0. The van der Waals surface area contributed by atoms with Crippen molar-refractivity contribution in [3.8, 4) is 0 Å². The standard InChI is InChI=1S/C13H22ClNOSi/c1-13(2,3)17(4,5)16-9-10-8-11(15)6-7-12(10)14/h6-8H,9,15H2,1-5H3. The first-order valence-corrected chi connectivity index (χ1v) is 9.10. The molecule has 0 aliphatic carbocycles. The average Bonchev–Trinajstić information content (AvgIpc) is 2.18. The second kappa shape index (κ2) is 5.00. The van der Waals surface area contributed by atoms with Gasteiger partial charge < -0.3 is 10.2 Å². The van der Waals surface area contributed by atoms with E-state index in [4.69, 9.17) is 21.8 Å². The van der Waals surface area contributed by atoms with Crippen LogP contribution in [0.1, 0.15) is 26.3 Å². The maximum Gasteiger partial charge on any atom is 0.192 e. The Balaban J connectivity index is 2.77.